The van der Waals surface area contributed by atoms with Gasteiger partial charge in [0.15, 0.2) is 0 Å². The quantitative estimate of drug-likeness (QED) is 0.627. The van der Waals surface area contributed by atoms with Crippen LogP contribution in [0.2, 0.25) is 0 Å². The van der Waals surface area contributed by atoms with Crippen molar-refractivity contribution in [3.05, 3.63) is 0 Å². The molecule has 1 aliphatic carbocycles. The van der Waals surface area contributed by atoms with Gasteiger partial charge in [-0.3, -0.25) is 24.5 Å². The molecule has 23 heavy (non-hydrogen) atoms. The number of hydrogen-bond donors (Lipinski definition) is 1. The minimum Gasteiger partial charge on any atom is -0.462 e. The van der Waals surface area contributed by atoms with Gasteiger partial charge in [0.25, 0.3) is 0 Å². The summed E-state index contributed by atoms with van der Waals surface area (Å²) in [4.78, 5) is 47.0. The topological polar surface area (TPSA) is 89.5 Å². The van der Waals surface area contributed by atoms with E-state index in [4.69, 9.17) is 4.74 Å². The summed E-state index contributed by atoms with van der Waals surface area (Å²) < 4.78 is 5.43. The lowest BCUT2D eigenvalue weighted by molar-refractivity contribution is -0.155. The van der Waals surface area contributed by atoms with E-state index in [1.165, 1.54) is 6.92 Å². The molecule has 128 valence electrons. The zero-order chi connectivity index (χ0) is 17.1. The van der Waals surface area contributed by atoms with Gasteiger partial charge in [-0.1, -0.05) is 13.8 Å². The van der Waals surface area contributed by atoms with E-state index in [2.05, 4.69) is 12.2 Å². The number of piperidine rings is 1. The van der Waals surface area contributed by atoms with Crippen molar-refractivity contribution in [1.29, 1.82) is 0 Å². The van der Waals surface area contributed by atoms with Gasteiger partial charge in [-0.25, -0.2) is 0 Å². The van der Waals surface area contributed by atoms with E-state index < -0.39 is 12.1 Å². The minimum absolute atomic E-state index is 0.0434. The largest absolute Gasteiger partial charge is 0.462 e. The molecule has 2 fully saturated rings. The Labute approximate surface area is 136 Å². The van der Waals surface area contributed by atoms with Crippen LogP contribution in [0.5, 0.6) is 0 Å². The Morgan fingerprint density at radius 1 is 1.17 bits per heavy atom. The second kappa shape index (κ2) is 7.23. The fourth-order valence-electron chi connectivity index (χ4n) is 3.92. The molecule has 0 unspecified atom stereocenters. The first-order chi connectivity index (χ1) is 10.8. The van der Waals surface area contributed by atoms with E-state index in [0.717, 1.165) is 6.42 Å². The van der Waals surface area contributed by atoms with Gasteiger partial charge in [0, 0.05) is 25.7 Å². The number of carbonyl (C=O) groups excluding carboxylic acids is 4. The number of amides is 2. The summed E-state index contributed by atoms with van der Waals surface area (Å²) in [6.07, 6.45) is 1.84. The third-order valence-electron chi connectivity index (χ3n) is 4.82. The first kappa shape index (κ1) is 17.6. The maximum absolute atomic E-state index is 12.5. The second-order valence-electron chi connectivity index (χ2n) is 7.12. The van der Waals surface area contributed by atoms with Gasteiger partial charge in [0.1, 0.15) is 11.9 Å². The summed E-state index contributed by atoms with van der Waals surface area (Å²) in [6, 6.07) is 0. The molecular weight excluding hydrogens is 298 g/mol. The highest BCUT2D eigenvalue weighted by molar-refractivity contribution is 5.97. The molecule has 1 heterocycles. The molecule has 1 saturated carbocycles. The average Bonchev–Trinajstić information content (AvgIpc) is 2.40. The molecule has 0 aromatic heterocycles. The summed E-state index contributed by atoms with van der Waals surface area (Å²) in [5, 5.41) is 2.27. The van der Waals surface area contributed by atoms with Crippen LogP contribution in [0.4, 0.5) is 0 Å². The van der Waals surface area contributed by atoms with Gasteiger partial charge in [-0.2, -0.15) is 0 Å². The molecule has 6 nitrogen and oxygen atoms in total. The first-order valence-corrected chi connectivity index (χ1v) is 8.29. The Hall–Kier alpha value is -1.72. The predicted molar refractivity (Wildman–Crippen MR) is 82.1 cm³/mol. The highest BCUT2D eigenvalue weighted by Crippen LogP contribution is 2.36. The van der Waals surface area contributed by atoms with Gasteiger partial charge >= 0.3 is 5.97 Å². The maximum Gasteiger partial charge on any atom is 0.302 e. The van der Waals surface area contributed by atoms with Gasteiger partial charge in [0.05, 0.1) is 5.92 Å². The number of ketones is 1. The molecule has 2 rings (SSSR count). The van der Waals surface area contributed by atoms with Crippen LogP contribution < -0.4 is 5.32 Å². The summed E-state index contributed by atoms with van der Waals surface area (Å²) >= 11 is 0. The van der Waals surface area contributed by atoms with Gasteiger partial charge in [0.2, 0.25) is 11.8 Å². The van der Waals surface area contributed by atoms with Crippen LogP contribution in [0.1, 0.15) is 52.9 Å². The fourth-order valence-corrected chi connectivity index (χ4v) is 3.92. The van der Waals surface area contributed by atoms with Crippen LogP contribution in [0.3, 0.4) is 0 Å². The van der Waals surface area contributed by atoms with Gasteiger partial charge in [-0.15, -0.1) is 0 Å². The SMILES string of the molecule is CC(=O)O[C@H](CC1CC(=O)NC(=O)C1)[C@@H]1C[C@H](C)C[C@@H](C)C1=O. The number of esters is 1. The van der Waals surface area contributed by atoms with Crippen LogP contribution in [0.25, 0.3) is 0 Å². The Morgan fingerprint density at radius 2 is 1.78 bits per heavy atom. The first-order valence-electron chi connectivity index (χ1n) is 8.29. The standard InChI is InChI=1S/C17H25NO5/c1-9-4-10(2)17(22)13(5-9)14(23-11(3)19)6-12-7-15(20)18-16(21)8-12/h9-10,12-14H,4-8H2,1-3H3,(H,18,20,21)/t9-,10-,13+,14-/m1/s1. The Balaban J connectivity index is 2.12. The lowest BCUT2D eigenvalue weighted by Gasteiger charge is -2.36. The fraction of sp³-hybridized carbons (Fsp3) is 0.765. The molecule has 2 aliphatic rings. The number of ether oxygens (including phenoxy) is 1. The van der Waals surface area contributed by atoms with Crippen molar-refractivity contribution in [3.63, 3.8) is 0 Å². The van der Waals surface area contributed by atoms with E-state index in [-0.39, 0.29) is 48.2 Å². The third kappa shape index (κ3) is 4.62. The molecular formula is C17H25NO5. The second-order valence-corrected chi connectivity index (χ2v) is 7.12. The third-order valence-corrected chi connectivity index (χ3v) is 4.82. The summed E-state index contributed by atoms with van der Waals surface area (Å²) in [6.45, 7) is 5.33. The van der Waals surface area contributed by atoms with E-state index in [0.29, 0.717) is 18.8 Å². The molecule has 1 aliphatic heterocycles. The lowest BCUT2D eigenvalue weighted by atomic mass is 9.71. The van der Waals surface area contributed by atoms with Crippen LogP contribution in [0.15, 0.2) is 0 Å². The highest BCUT2D eigenvalue weighted by atomic mass is 16.5. The smallest absolute Gasteiger partial charge is 0.302 e. The van der Waals surface area contributed by atoms with Crippen LogP contribution in [-0.2, 0) is 23.9 Å². The Morgan fingerprint density at radius 3 is 2.35 bits per heavy atom. The molecule has 0 radical (unpaired) electrons. The molecule has 4 atom stereocenters. The molecule has 0 aromatic rings. The number of hydrogen-bond acceptors (Lipinski definition) is 5. The van der Waals surface area contributed by atoms with Crippen LogP contribution in [0, 0.1) is 23.7 Å². The Bertz CT molecular complexity index is 499. The monoisotopic (exact) mass is 323 g/mol. The normalized spacial score (nSPS) is 30.7. The van der Waals surface area contributed by atoms with Crippen molar-refractivity contribution in [2.45, 2.75) is 59.0 Å². The highest BCUT2D eigenvalue weighted by Gasteiger charge is 2.40. The molecule has 1 N–H and O–H groups in total. The molecule has 2 amide bonds. The number of carbonyl (C=O) groups is 4. The van der Waals surface area contributed by atoms with Gasteiger partial charge < -0.3 is 4.74 Å². The summed E-state index contributed by atoms with van der Waals surface area (Å²) in [5.41, 5.74) is 0. The number of Topliss-reactive ketones (excluding diaryl/α,β-unsaturated/α-hetero) is 1. The molecule has 0 bridgehead atoms. The molecule has 1 saturated heterocycles. The van der Waals surface area contributed by atoms with E-state index in [1.807, 2.05) is 6.92 Å². The van der Waals surface area contributed by atoms with Crippen LogP contribution in [-0.4, -0.2) is 29.7 Å². The molecule has 0 spiro atoms. The van der Waals surface area contributed by atoms with Crippen molar-refractivity contribution >= 4 is 23.6 Å². The van der Waals surface area contributed by atoms with Crippen molar-refractivity contribution in [1.82, 2.24) is 5.32 Å². The average molecular weight is 323 g/mol. The molecule has 0 aromatic carbocycles. The van der Waals surface area contributed by atoms with E-state index in [9.17, 15) is 19.2 Å². The summed E-state index contributed by atoms with van der Waals surface area (Å²) in [5.74, 6) is -1.07. The lowest BCUT2D eigenvalue weighted by Crippen LogP contribution is -2.44. The summed E-state index contributed by atoms with van der Waals surface area (Å²) in [7, 11) is 0. The van der Waals surface area contributed by atoms with Crippen molar-refractivity contribution in [2.24, 2.45) is 23.7 Å². The zero-order valence-corrected chi connectivity index (χ0v) is 14.0. The van der Waals surface area contributed by atoms with E-state index >= 15 is 0 Å². The van der Waals surface area contributed by atoms with Crippen molar-refractivity contribution in [2.75, 3.05) is 0 Å². The Kier molecular flexibility index (Phi) is 5.55. The van der Waals surface area contributed by atoms with E-state index in [1.54, 1.807) is 0 Å². The number of rotatable bonds is 4. The number of imide groups is 1. The van der Waals surface area contributed by atoms with Crippen molar-refractivity contribution in [3.8, 4) is 0 Å². The van der Waals surface area contributed by atoms with Gasteiger partial charge in [-0.05, 0) is 31.1 Å². The minimum atomic E-state index is -0.547. The predicted octanol–water partition coefficient (Wildman–Crippen LogP) is 1.61. The van der Waals surface area contributed by atoms with Crippen molar-refractivity contribution < 1.29 is 23.9 Å². The molecule has 6 heteroatoms. The number of nitrogens with one attached hydrogen (secondary N) is 1. The maximum atomic E-state index is 12.5. The zero-order valence-electron chi connectivity index (χ0n) is 14.0. The van der Waals surface area contributed by atoms with Crippen LogP contribution >= 0.6 is 0 Å².